The molecule has 19 heavy (non-hydrogen) atoms. The second kappa shape index (κ2) is 7.13. The highest BCUT2D eigenvalue weighted by molar-refractivity contribution is 9.10. The first-order valence-corrected chi connectivity index (χ1v) is 6.82. The molecular weight excluding hydrogens is 310 g/mol. The van der Waals surface area contributed by atoms with Crippen molar-refractivity contribution in [1.29, 1.82) is 0 Å². The standard InChI is InChI=1S/C13H18BrN3O2/c1-3-11(12(15)17-19)13(18)16-8(2)9-4-6-10(14)7-5-9/h4-8,11,19H,3H2,1-2H3,(H2,15,17)(H,16,18). The van der Waals surface area contributed by atoms with Crippen molar-refractivity contribution in [1.82, 2.24) is 5.32 Å². The van der Waals surface area contributed by atoms with E-state index in [0.717, 1.165) is 10.0 Å². The van der Waals surface area contributed by atoms with E-state index in [4.69, 9.17) is 10.9 Å². The molecule has 0 aliphatic heterocycles. The third kappa shape index (κ3) is 4.24. The first kappa shape index (κ1) is 15.5. The molecule has 0 saturated carbocycles. The lowest BCUT2D eigenvalue weighted by Crippen LogP contribution is -2.39. The van der Waals surface area contributed by atoms with Crippen molar-refractivity contribution in [2.45, 2.75) is 26.3 Å². The predicted octanol–water partition coefficient (Wildman–Crippen LogP) is 2.40. The van der Waals surface area contributed by atoms with E-state index >= 15 is 0 Å². The summed E-state index contributed by atoms with van der Waals surface area (Å²) in [6.07, 6.45) is 0.481. The van der Waals surface area contributed by atoms with Gasteiger partial charge >= 0.3 is 0 Å². The number of rotatable bonds is 5. The van der Waals surface area contributed by atoms with E-state index in [9.17, 15) is 4.79 Å². The van der Waals surface area contributed by atoms with Crippen LogP contribution in [0, 0.1) is 5.92 Å². The number of nitrogens with one attached hydrogen (secondary N) is 1. The minimum atomic E-state index is -0.608. The van der Waals surface area contributed by atoms with Crippen LogP contribution in [0.1, 0.15) is 31.9 Å². The van der Waals surface area contributed by atoms with Crippen LogP contribution in [0.15, 0.2) is 33.9 Å². The molecule has 6 heteroatoms. The van der Waals surface area contributed by atoms with E-state index in [-0.39, 0.29) is 17.8 Å². The van der Waals surface area contributed by atoms with Crippen molar-refractivity contribution in [3.8, 4) is 0 Å². The number of amides is 1. The van der Waals surface area contributed by atoms with Crippen LogP contribution in [0.5, 0.6) is 0 Å². The monoisotopic (exact) mass is 327 g/mol. The van der Waals surface area contributed by atoms with E-state index in [1.165, 1.54) is 0 Å². The lowest BCUT2D eigenvalue weighted by Gasteiger charge is -2.18. The first-order valence-electron chi connectivity index (χ1n) is 6.02. The molecule has 0 bridgehead atoms. The lowest BCUT2D eigenvalue weighted by molar-refractivity contribution is -0.123. The van der Waals surface area contributed by atoms with Crippen molar-refractivity contribution in [2.75, 3.05) is 0 Å². The molecule has 104 valence electrons. The molecule has 1 amide bonds. The van der Waals surface area contributed by atoms with Gasteiger partial charge in [-0.3, -0.25) is 4.79 Å². The molecule has 0 spiro atoms. The normalized spacial score (nSPS) is 14.8. The minimum absolute atomic E-state index is 0.0667. The molecule has 0 aliphatic rings. The number of hydrogen-bond donors (Lipinski definition) is 3. The zero-order valence-corrected chi connectivity index (χ0v) is 12.5. The summed E-state index contributed by atoms with van der Waals surface area (Å²) < 4.78 is 0.984. The molecule has 0 fully saturated rings. The summed E-state index contributed by atoms with van der Waals surface area (Å²) in [7, 11) is 0. The molecule has 1 aromatic rings. The number of hydrogen-bond acceptors (Lipinski definition) is 3. The summed E-state index contributed by atoms with van der Waals surface area (Å²) in [5.74, 6) is -0.917. The van der Waals surface area contributed by atoms with Crippen molar-refractivity contribution in [2.24, 2.45) is 16.8 Å². The highest BCUT2D eigenvalue weighted by atomic mass is 79.9. The van der Waals surface area contributed by atoms with Gasteiger partial charge < -0.3 is 16.3 Å². The number of halogens is 1. The summed E-state index contributed by atoms with van der Waals surface area (Å²) >= 11 is 3.36. The molecule has 0 aliphatic carbocycles. The van der Waals surface area contributed by atoms with Crippen LogP contribution in [-0.2, 0) is 4.79 Å². The molecule has 2 unspecified atom stereocenters. The summed E-state index contributed by atoms with van der Waals surface area (Å²) in [5, 5.41) is 14.4. The quantitative estimate of drug-likeness (QED) is 0.336. The molecule has 5 nitrogen and oxygen atoms in total. The van der Waals surface area contributed by atoms with Gasteiger partial charge in [-0.1, -0.05) is 40.1 Å². The van der Waals surface area contributed by atoms with E-state index in [0.29, 0.717) is 6.42 Å². The van der Waals surface area contributed by atoms with Crippen molar-refractivity contribution < 1.29 is 10.0 Å². The van der Waals surface area contributed by atoms with Gasteiger partial charge in [-0.2, -0.15) is 0 Å². The Morgan fingerprint density at radius 3 is 2.53 bits per heavy atom. The molecule has 0 heterocycles. The zero-order valence-electron chi connectivity index (χ0n) is 10.9. The van der Waals surface area contributed by atoms with Gasteiger partial charge in [0.2, 0.25) is 5.91 Å². The smallest absolute Gasteiger partial charge is 0.231 e. The molecule has 1 aromatic carbocycles. The molecule has 1 rings (SSSR count). The Bertz CT molecular complexity index is 459. The maximum Gasteiger partial charge on any atom is 0.231 e. The summed E-state index contributed by atoms with van der Waals surface area (Å²) in [4.78, 5) is 12.0. The molecule has 0 saturated heterocycles. The summed E-state index contributed by atoms with van der Waals surface area (Å²) in [6.45, 7) is 3.70. The fourth-order valence-corrected chi connectivity index (χ4v) is 2.01. The van der Waals surface area contributed by atoms with Gasteiger partial charge in [-0.05, 0) is 31.0 Å². The van der Waals surface area contributed by atoms with Gasteiger partial charge in [0.25, 0.3) is 0 Å². The fourth-order valence-electron chi connectivity index (χ4n) is 1.75. The molecular formula is C13H18BrN3O2. The van der Waals surface area contributed by atoms with E-state index in [1.54, 1.807) is 0 Å². The molecule has 2 atom stereocenters. The topological polar surface area (TPSA) is 87.7 Å². The third-order valence-corrected chi connectivity index (χ3v) is 3.45. The number of oxime groups is 1. The number of amidine groups is 1. The van der Waals surface area contributed by atoms with Crippen LogP contribution in [0.25, 0.3) is 0 Å². The predicted molar refractivity (Wildman–Crippen MR) is 77.9 cm³/mol. The Morgan fingerprint density at radius 2 is 2.05 bits per heavy atom. The van der Waals surface area contributed by atoms with Crippen LogP contribution < -0.4 is 11.1 Å². The van der Waals surface area contributed by atoms with Gasteiger partial charge in [0, 0.05) is 4.47 Å². The van der Waals surface area contributed by atoms with Crippen LogP contribution in [-0.4, -0.2) is 17.0 Å². The van der Waals surface area contributed by atoms with Gasteiger partial charge in [-0.25, -0.2) is 0 Å². The molecule has 0 radical (unpaired) electrons. The van der Waals surface area contributed by atoms with Crippen LogP contribution in [0.3, 0.4) is 0 Å². The number of nitrogens with two attached hydrogens (primary N) is 1. The van der Waals surface area contributed by atoms with E-state index in [1.807, 2.05) is 38.1 Å². The van der Waals surface area contributed by atoms with Crippen LogP contribution in [0.4, 0.5) is 0 Å². The van der Waals surface area contributed by atoms with E-state index in [2.05, 4.69) is 26.4 Å². The average Bonchev–Trinajstić information content (AvgIpc) is 2.39. The van der Waals surface area contributed by atoms with Gasteiger partial charge in [-0.15, -0.1) is 0 Å². The van der Waals surface area contributed by atoms with Crippen molar-refractivity contribution in [3.63, 3.8) is 0 Å². The Labute approximate surface area is 121 Å². The maximum atomic E-state index is 12.0. The highest BCUT2D eigenvalue weighted by Crippen LogP contribution is 2.17. The minimum Gasteiger partial charge on any atom is -0.409 e. The van der Waals surface area contributed by atoms with Gasteiger partial charge in [0.05, 0.1) is 12.0 Å². The van der Waals surface area contributed by atoms with Gasteiger partial charge in [0.1, 0.15) is 0 Å². The Morgan fingerprint density at radius 1 is 1.47 bits per heavy atom. The number of benzene rings is 1. The van der Waals surface area contributed by atoms with Crippen molar-refractivity contribution >= 4 is 27.7 Å². The summed E-state index contributed by atoms with van der Waals surface area (Å²) in [5.41, 5.74) is 6.49. The van der Waals surface area contributed by atoms with Crippen LogP contribution in [0.2, 0.25) is 0 Å². The first-order chi connectivity index (χ1) is 8.99. The van der Waals surface area contributed by atoms with Gasteiger partial charge in [0.15, 0.2) is 5.84 Å². The second-order valence-electron chi connectivity index (χ2n) is 4.27. The third-order valence-electron chi connectivity index (χ3n) is 2.93. The SMILES string of the molecule is CCC(C(=O)NC(C)c1ccc(Br)cc1)C(N)=NO. The van der Waals surface area contributed by atoms with Crippen LogP contribution >= 0.6 is 15.9 Å². The van der Waals surface area contributed by atoms with E-state index < -0.39 is 5.92 Å². The Balaban J connectivity index is 2.73. The number of carbonyl (C=O) groups excluding carboxylic acids is 1. The zero-order chi connectivity index (χ0) is 14.4. The fraction of sp³-hybridized carbons (Fsp3) is 0.385. The Kier molecular flexibility index (Phi) is 5.82. The molecule has 4 N–H and O–H groups in total. The largest absolute Gasteiger partial charge is 0.409 e. The second-order valence-corrected chi connectivity index (χ2v) is 5.18. The van der Waals surface area contributed by atoms with Crippen molar-refractivity contribution in [3.05, 3.63) is 34.3 Å². The maximum absolute atomic E-state index is 12.0. The Hall–Kier alpha value is -1.56. The number of carbonyl (C=O) groups is 1. The summed E-state index contributed by atoms with van der Waals surface area (Å²) in [6, 6.07) is 7.55. The number of nitrogens with zero attached hydrogens (tertiary/aromatic N) is 1. The molecule has 0 aromatic heterocycles. The average molecular weight is 328 g/mol. The lowest BCUT2D eigenvalue weighted by atomic mass is 10.0. The highest BCUT2D eigenvalue weighted by Gasteiger charge is 2.22.